The van der Waals surface area contributed by atoms with Gasteiger partial charge < -0.3 is 14.9 Å². The molecule has 0 spiro atoms. The van der Waals surface area contributed by atoms with Crippen molar-refractivity contribution in [3.63, 3.8) is 0 Å². The van der Waals surface area contributed by atoms with E-state index in [0.717, 1.165) is 16.3 Å². The maximum atomic E-state index is 11.2. The van der Waals surface area contributed by atoms with Crippen LogP contribution < -0.4 is 4.74 Å². The third kappa shape index (κ3) is 3.01. The second-order valence-corrected chi connectivity index (χ2v) is 7.14. The third-order valence-electron chi connectivity index (χ3n) is 3.75. The van der Waals surface area contributed by atoms with E-state index in [0.29, 0.717) is 11.5 Å². The first-order chi connectivity index (χ1) is 11.0. The van der Waals surface area contributed by atoms with Crippen LogP contribution in [0.25, 0.3) is 10.6 Å². The van der Waals surface area contributed by atoms with Gasteiger partial charge >= 0.3 is 5.97 Å². The second kappa shape index (κ2) is 6.38. The standard InChI is InChI=1S/C15H16N2O4S2/c1-17-11(15(19)20)7-23-14(17)10-6-22-13(16-10)9-4-3-8(18)5-12(9)21-2/h3-6,11,14,18H,7H2,1-2H3,(H,19,20)/t11-,14?/m0/s1. The molecule has 0 aliphatic carbocycles. The van der Waals surface area contributed by atoms with E-state index in [4.69, 9.17) is 4.74 Å². The van der Waals surface area contributed by atoms with Gasteiger partial charge in [-0.15, -0.1) is 23.1 Å². The Kier molecular flexibility index (Phi) is 4.47. The lowest BCUT2D eigenvalue weighted by molar-refractivity contribution is -0.141. The molecular weight excluding hydrogens is 336 g/mol. The molecule has 0 amide bonds. The number of aromatic hydroxyl groups is 1. The highest BCUT2D eigenvalue weighted by Gasteiger charge is 2.37. The van der Waals surface area contributed by atoms with Crippen LogP contribution in [0.2, 0.25) is 0 Å². The van der Waals surface area contributed by atoms with Crippen LogP contribution in [-0.2, 0) is 4.79 Å². The van der Waals surface area contributed by atoms with Crippen molar-refractivity contribution >= 4 is 29.1 Å². The zero-order chi connectivity index (χ0) is 16.6. The van der Waals surface area contributed by atoms with Gasteiger partial charge in [0.15, 0.2) is 0 Å². The monoisotopic (exact) mass is 352 g/mol. The van der Waals surface area contributed by atoms with E-state index in [1.165, 1.54) is 11.3 Å². The fourth-order valence-electron chi connectivity index (χ4n) is 2.50. The number of benzene rings is 1. The number of methoxy groups -OCH3 is 1. The van der Waals surface area contributed by atoms with Crippen LogP contribution in [-0.4, -0.2) is 52.0 Å². The summed E-state index contributed by atoms with van der Waals surface area (Å²) < 4.78 is 5.30. The molecule has 0 bridgehead atoms. The number of nitrogens with zero attached hydrogens (tertiary/aromatic N) is 2. The molecule has 1 aliphatic heterocycles. The smallest absolute Gasteiger partial charge is 0.321 e. The molecule has 8 heteroatoms. The fraction of sp³-hybridized carbons (Fsp3) is 0.333. The molecule has 0 radical (unpaired) electrons. The van der Waals surface area contributed by atoms with Crippen molar-refractivity contribution in [1.82, 2.24) is 9.88 Å². The van der Waals surface area contributed by atoms with Crippen molar-refractivity contribution in [2.75, 3.05) is 19.9 Å². The highest BCUT2D eigenvalue weighted by atomic mass is 32.2. The number of phenols is 1. The minimum atomic E-state index is -0.807. The average Bonchev–Trinajstić information content (AvgIpc) is 3.13. The number of ether oxygens (including phenoxy) is 1. The normalized spacial score (nSPS) is 21.5. The Hall–Kier alpha value is -1.77. The van der Waals surface area contributed by atoms with Gasteiger partial charge in [-0.25, -0.2) is 4.98 Å². The number of hydrogen-bond donors (Lipinski definition) is 2. The molecular formula is C15H16N2O4S2. The van der Waals surface area contributed by atoms with Crippen LogP contribution in [0, 0.1) is 0 Å². The minimum Gasteiger partial charge on any atom is -0.508 e. The number of phenolic OH excluding ortho intramolecular Hbond substituents is 1. The van der Waals surface area contributed by atoms with Gasteiger partial charge in [0.1, 0.15) is 27.9 Å². The number of aromatic nitrogens is 1. The molecule has 1 aromatic carbocycles. The molecule has 2 aromatic rings. The number of carboxylic acid groups (broad SMARTS) is 1. The molecule has 3 rings (SSSR count). The summed E-state index contributed by atoms with van der Waals surface area (Å²) in [6.45, 7) is 0. The molecule has 122 valence electrons. The Bertz CT molecular complexity index is 734. The van der Waals surface area contributed by atoms with Crippen LogP contribution in [0.5, 0.6) is 11.5 Å². The van der Waals surface area contributed by atoms with Crippen LogP contribution >= 0.6 is 23.1 Å². The summed E-state index contributed by atoms with van der Waals surface area (Å²) in [7, 11) is 3.36. The van der Waals surface area contributed by atoms with Gasteiger partial charge in [-0.1, -0.05) is 0 Å². The van der Waals surface area contributed by atoms with Crippen LogP contribution in [0.15, 0.2) is 23.6 Å². The third-order valence-corrected chi connectivity index (χ3v) is 6.04. The van der Waals surface area contributed by atoms with E-state index in [1.807, 2.05) is 17.3 Å². The Morgan fingerprint density at radius 2 is 2.26 bits per heavy atom. The summed E-state index contributed by atoms with van der Waals surface area (Å²) >= 11 is 3.06. The molecule has 0 saturated carbocycles. The van der Waals surface area contributed by atoms with Crippen molar-refractivity contribution in [3.05, 3.63) is 29.3 Å². The van der Waals surface area contributed by atoms with E-state index < -0.39 is 12.0 Å². The Labute approximate surface area is 141 Å². The maximum absolute atomic E-state index is 11.2. The summed E-state index contributed by atoms with van der Waals surface area (Å²) in [5, 5.41) is 21.4. The predicted octanol–water partition coefficient (Wildman–Crippen LogP) is 2.65. The lowest BCUT2D eigenvalue weighted by Crippen LogP contribution is -2.35. The molecule has 2 heterocycles. The zero-order valence-corrected chi connectivity index (χ0v) is 14.2. The molecule has 2 N–H and O–H groups in total. The summed E-state index contributed by atoms with van der Waals surface area (Å²) in [6.07, 6.45) is 0. The summed E-state index contributed by atoms with van der Waals surface area (Å²) in [4.78, 5) is 17.7. The van der Waals surface area contributed by atoms with Gasteiger partial charge in [0.25, 0.3) is 0 Å². The number of carboxylic acids is 1. The average molecular weight is 352 g/mol. The molecule has 23 heavy (non-hydrogen) atoms. The molecule has 1 fully saturated rings. The van der Waals surface area contributed by atoms with Crippen molar-refractivity contribution < 1.29 is 19.7 Å². The first kappa shape index (κ1) is 16.1. The molecule has 6 nitrogen and oxygen atoms in total. The summed E-state index contributed by atoms with van der Waals surface area (Å²) in [5.41, 5.74) is 1.65. The lowest BCUT2D eigenvalue weighted by Gasteiger charge is -2.20. The van der Waals surface area contributed by atoms with Gasteiger partial charge in [0, 0.05) is 17.2 Å². The number of aliphatic carboxylic acids is 1. The summed E-state index contributed by atoms with van der Waals surface area (Å²) in [6, 6.07) is 4.42. The Morgan fingerprint density at radius 1 is 1.48 bits per heavy atom. The second-order valence-electron chi connectivity index (χ2n) is 5.17. The molecule has 1 saturated heterocycles. The van der Waals surface area contributed by atoms with Crippen molar-refractivity contribution in [3.8, 4) is 22.1 Å². The quantitative estimate of drug-likeness (QED) is 0.875. The van der Waals surface area contributed by atoms with E-state index >= 15 is 0 Å². The Balaban J connectivity index is 1.88. The van der Waals surface area contributed by atoms with Crippen LogP contribution in [0.4, 0.5) is 0 Å². The van der Waals surface area contributed by atoms with Crippen molar-refractivity contribution in [2.45, 2.75) is 11.4 Å². The SMILES string of the molecule is COc1cc(O)ccc1-c1nc(C2SC[C@@H](C(=O)O)N2C)cs1. The van der Waals surface area contributed by atoms with Gasteiger partial charge in [0.2, 0.25) is 0 Å². The topological polar surface area (TPSA) is 82.9 Å². The van der Waals surface area contributed by atoms with E-state index in [-0.39, 0.29) is 11.1 Å². The van der Waals surface area contributed by atoms with Gasteiger partial charge in [-0.2, -0.15) is 0 Å². The Morgan fingerprint density at radius 3 is 2.91 bits per heavy atom. The first-order valence-corrected chi connectivity index (χ1v) is 8.83. The minimum absolute atomic E-state index is 0.0655. The van der Waals surface area contributed by atoms with Crippen LogP contribution in [0.1, 0.15) is 11.1 Å². The fourth-order valence-corrected chi connectivity index (χ4v) is 4.87. The number of carbonyl (C=O) groups is 1. The lowest BCUT2D eigenvalue weighted by atomic mass is 10.2. The van der Waals surface area contributed by atoms with Crippen LogP contribution in [0.3, 0.4) is 0 Å². The largest absolute Gasteiger partial charge is 0.508 e. The highest BCUT2D eigenvalue weighted by molar-refractivity contribution is 7.99. The van der Waals surface area contributed by atoms with E-state index in [1.54, 1.807) is 37.1 Å². The molecule has 1 aliphatic rings. The maximum Gasteiger partial charge on any atom is 0.321 e. The highest BCUT2D eigenvalue weighted by Crippen LogP contribution is 2.42. The number of likely N-dealkylation sites (N-methyl/N-ethyl adjacent to an activating group) is 1. The van der Waals surface area contributed by atoms with Gasteiger partial charge in [-0.05, 0) is 19.2 Å². The van der Waals surface area contributed by atoms with Crippen molar-refractivity contribution in [2.24, 2.45) is 0 Å². The number of rotatable bonds is 4. The summed E-state index contributed by atoms with van der Waals surface area (Å²) in [5.74, 6) is 0.434. The van der Waals surface area contributed by atoms with E-state index in [2.05, 4.69) is 4.98 Å². The van der Waals surface area contributed by atoms with Gasteiger partial charge in [-0.3, -0.25) is 9.69 Å². The molecule has 1 unspecified atom stereocenters. The number of thiazole rings is 1. The molecule has 2 atom stereocenters. The molecule has 1 aromatic heterocycles. The first-order valence-electron chi connectivity index (χ1n) is 6.90. The van der Waals surface area contributed by atoms with Gasteiger partial charge in [0.05, 0.1) is 18.4 Å². The van der Waals surface area contributed by atoms with Crippen molar-refractivity contribution in [1.29, 1.82) is 0 Å². The predicted molar refractivity (Wildman–Crippen MR) is 90.2 cm³/mol. The number of thioether (sulfide) groups is 1. The van der Waals surface area contributed by atoms with E-state index in [9.17, 15) is 15.0 Å². The number of hydrogen-bond acceptors (Lipinski definition) is 7. The zero-order valence-electron chi connectivity index (χ0n) is 12.6.